The van der Waals surface area contributed by atoms with Crippen molar-refractivity contribution >= 4 is 23.2 Å². The van der Waals surface area contributed by atoms with Gasteiger partial charge in [-0.3, -0.25) is 9.69 Å². The lowest BCUT2D eigenvalue weighted by Crippen LogP contribution is -2.32. The van der Waals surface area contributed by atoms with Gasteiger partial charge >= 0.3 is 0 Å². The van der Waals surface area contributed by atoms with Gasteiger partial charge in [0.05, 0.1) is 23.4 Å². The second-order valence-corrected chi connectivity index (χ2v) is 4.76. The molecule has 1 atom stereocenters. The normalized spacial score (nSPS) is 20.1. The van der Waals surface area contributed by atoms with Gasteiger partial charge in [0.15, 0.2) is 0 Å². The van der Waals surface area contributed by atoms with Gasteiger partial charge in [-0.05, 0) is 24.6 Å². The molecule has 0 unspecified atom stereocenters. The first-order valence-electron chi connectivity index (χ1n) is 5.70. The number of rotatable bonds is 3. The molecule has 0 aliphatic carbocycles. The highest BCUT2D eigenvalue weighted by molar-refractivity contribution is 6.33. The summed E-state index contributed by atoms with van der Waals surface area (Å²) in [5.74, 6) is -0.668. The Kier molecular flexibility index (Phi) is 4.16. The number of halogens is 2. The number of hydrogen-bond donors (Lipinski definition) is 2. The van der Waals surface area contributed by atoms with Crippen molar-refractivity contribution in [2.45, 2.75) is 12.5 Å². The van der Waals surface area contributed by atoms with Crippen LogP contribution < -0.4 is 5.32 Å². The van der Waals surface area contributed by atoms with Crippen molar-refractivity contribution in [2.75, 3.05) is 25.0 Å². The molecular weight excluding hydrogens is 259 g/mol. The highest BCUT2D eigenvalue weighted by atomic mass is 35.5. The average molecular weight is 273 g/mol. The van der Waals surface area contributed by atoms with Crippen LogP contribution in [0.2, 0.25) is 5.02 Å². The van der Waals surface area contributed by atoms with Gasteiger partial charge in [-0.2, -0.15) is 0 Å². The molecule has 2 rings (SSSR count). The van der Waals surface area contributed by atoms with Gasteiger partial charge in [-0.15, -0.1) is 0 Å². The van der Waals surface area contributed by atoms with E-state index < -0.39 is 5.82 Å². The van der Waals surface area contributed by atoms with E-state index in [1.54, 1.807) is 0 Å². The van der Waals surface area contributed by atoms with Crippen LogP contribution in [0.15, 0.2) is 18.2 Å². The molecule has 1 heterocycles. The van der Waals surface area contributed by atoms with Crippen molar-refractivity contribution in [3.8, 4) is 0 Å². The minimum atomic E-state index is -0.444. The van der Waals surface area contributed by atoms with Crippen LogP contribution >= 0.6 is 11.6 Å². The minimum Gasteiger partial charge on any atom is -0.392 e. The summed E-state index contributed by atoms with van der Waals surface area (Å²) in [6, 6.07) is 3.81. The third-order valence-corrected chi connectivity index (χ3v) is 3.13. The summed E-state index contributed by atoms with van der Waals surface area (Å²) >= 11 is 5.81. The van der Waals surface area contributed by atoms with Crippen LogP contribution in [0, 0.1) is 5.82 Å². The van der Waals surface area contributed by atoms with Crippen molar-refractivity contribution in [1.29, 1.82) is 0 Å². The molecule has 4 nitrogen and oxygen atoms in total. The molecule has 1 aromatic carbocycles. The molecule has 0 saturated carbocycles. The number of β-amino-alcohol motifs (C(OH)–C–C–N with tert-alkyl or cyclic N) is 1. The van der Waals surface area contributed by atoms with E-state index in [2.05, 4.69) is 5.32 Å². The molecule has 1 aliphatic heterocycles. The Bertz CT molecular complexity index is 456. The van der Waals surface area contributed by atoms with Gasteiger partial charge in [0.1, 0.15) is 5.82 Å². The summed E-state index contributed by atoms with van der Waals surface area (Å²) in [7, 11) is 0. The standard InChI is InChI=1S/C12H14ClFN2O2/c13-10-5-8(14)1-2-11(10)15-12(18)7-16-4-3-9(17)6-16/h1-2,5,9,17H,3-4,6-7H2,(H,15,18)/t9-/m1/s1. The van der Waals surface area contributed by atoms with Crippen LogP contribution in [-0.4, -0.2) is 41.7 Å². The fraction of sp³-hybridized carbons (Fsp3) is 0.417. The quantitative estimate of drug-likeness (QED) is 0.876. The second kappa shape index (κ2) is 5.65. The van der Waals surface area contributed by atoms with Gasteiger partial charge in [-0.25, -0.2) is 4.39 Å². The fourth-order valence-corrected chi connectivity index (χ4v) is 2.15. The summed E-state index contributed by atoms with van der Waals surface area (Å²) in [5.41, 5.74) is 0.391. The van der Waals surface area contributed by atoms with Crippen LogP contribution in [0.5, 0.6) is 0 Å². The lowest BCUT2D eigenvalue weighted by Gasteiger charge is -2.14. The highest BCUT2D eigenvalue weighted by Crippen LogP contribution is 2.22. The van der Waals surface area contributed by atoms with E-state index in [-0.39, 0.29) is 23.6 Å². The molecule has 1 aliphatic rings. The van der Waals surface area contributed by atoms with E-state index in [1.165, 1.54) is 12.1 Å². The number of nitrogens with zero attached hydrogens (tertiary/aromatic N) is 1. The molecule has 1 amide bonds. The zero-order chi connectivity index (χ0) is 13.1. The van der Waals surface area contributed by atoms with Crippen LogP contribution in [0.1, 0.15) is 6.42 Å². The molecule has 1 aromatic rings. The van der Waals surface area contributed by atoms with Crippen molar-refractivity contribution < 1.29 is 14.3 Å². The summed E-state index contributed by atoms with van der Waals surface area (Å²) in [4.78, 5) is 13.6. The number of amides is 1. The summed E-state index contributed by atoms with van der Waals surface area (Å²) in [6.45, 7) is 1.40. The molecule has 0 radical (unpaired) electrons. The predicted octanol–water partition coefficient (Wildman–Crippen LogP) is 1.48. The number of aliphatic hydroxyl groups is 1. The van der Waals surface area contributed by atoms with Gasteiger partial charge in [0, 0.05) is 13.1 Å². The molecule has 1 saturated heterocycles. The van der Waals surface area contributed by atoms with Gasteiger partial charge in [0.2, 0.25) is 5.91 Å². The molecule has 0 bridgehead atoms. The average Bonchev–Trinajstić information content (AvgIpc) is 2.68. The van der Waals surface area contributed by atoms with E-state index >= 15 is 0 Å². The summed E-state index contributed by atoms with van der Waals surface area (Å²) < 4.78 is 12.8. The van der Waals surface area contributed by atoms with E-state index in [0.717, 1.165) is 6.07 Å². The Morgan fingerprint density at radius 3 is 3.00 bits per heavy atom. The Hall–Kier alpha value is -1.17. The second-order valence-electron chi connectivity index (χ2n) is 4.35. The first-order chi connectivity index (χ1) is 8.54. The number of likely N-dealkylation sites (tertiary alicyclic amines) is 1. The molecule has 6 heteroatoms. The number of benzene rings is 1. The van der Waals surface area contributed by atoms with E-state index in [4.69, 9.17) is 11.6 Å². The van der Waals surface area contributed by atoms with E-state index in [9.17, 15) is 14.3 Å². The summed E-state index contributed by atoms with van der Waals surface area (Å²) in [6.07, 6.45) is 0.331. The lowest BCUT2D eigenvalue weighted by atomic mass is 10.3. The van der Waals surface area contributed by atoms with Gasteiger partial charge in [0.25, 0.3) is 0 Å². The monoisotopic (exact) mass is 272 g/mol. The molecule has 0 spiro atoms. The Labute approximate surface area is 109 Å². The Morgan fingerprint density at radius 2 is 2.39 bits per heavy atom. The third-order valence-electron chi connectivity index (χ3n) is 2.82. The van der Waals surface area contributed by atoms with Crippen LogP contribution in [0.4, 0.5) is 10.1 Å². The maximum atomic E-state index is 12.8. The highest BCUT2D eigenvalue weighted by Gasteiger charge is 2.22. The van der Waals surface area contributed by atoms with Gasteiger partial charge < -0.3 is 10.4 Å². The van der Waals surface area contributed by atoms with Crippen molar-refractivity contribution in [1.82, 2.24) is 4.90 Å². The molecule has 98 valence electrons. The first kappa shape index (κ1) is 13.3. The first-order valence-corrected chi connectivity index (χ1v) is 6.08. The fourth-order valence-electron chi connectivity index (χ4n) is 1.94. The van der Waals surface area contributed by atoms with Gasteiger partial charge in [-0.1, -0.05) is 11.6 Å². The third kappa shape index (κ3) is 3.41. The minimum absolute atomic E-state index is 0.171. The van der Waals surface area contributed by atoms with Crippen LogP contribution in [0.25, 0.3) is 0 Å². The SMILES string of the molecule is O=C(CN1CC[C@@H](O)C1)Nc1ccc(F)cc1Cl. The molecular formula is C12H14ClFN2O2. The van der Waals surface area contributed by atoms with Crippen molar-refractivity contribution in [2.24, 2.45) is 0 Å². The topological polar surface area (TPSA) is 52.6 Å². The number of anilines is 1. The predicted molar refractivity (Wildman–Crippen MR) is 67.1 cm³/mol. The largest absolute Gasteiger partial charge is 0.392 e. The lowest BCUT2D eigenvalue weighted by molar-refractivity contribution is -0.117. The van der Waals surface area contributed by atoms with E-state index in [0.29, 0.717) is 25.2 Å². The van der Waals surface area contributed by atoms with Crippen LogP contribution in [-0.2, 0) is 4.79 Å². The smallest absolute Gasteiger partial charge is 0.238 e. The van der Waals surface area contributed by atoms with Crippen molar-refractivity contribution in [3.63, 3.8) is 0 Å². The zero-order valence-electron chi connectivity index (χ0n) is 9.70. The summed E-state index contributed by atoms with van der Waals surface area (Å²) in [5, 5.41) is 12.1. The van der Waals surface area contributed by atoms with E-state index in [1.807, 2.05) is 4.90 Å². The molecule has 2 N–H and O–H groups in total. The molecule has 0 aromatic heterocycles. The Balaban J connectivity index is 1.91. The number of aliphatic hydroxyl groups excluding tert-OH is 1. The number of carbonyl (C=O) groups is 1. The Morgan fingerprint density at radius 1 is 1.61 bits per heavy atom. The molecule has 18 heavy (non-hydrogen) atoms. The maximum Gasteiger partial charge on any atom is 0.238 e. The van der Waals surface area contributed by atoms with Crippen molar-refractivity contribution in [3.05, 3.63) is 29.0 Å². The number of nitrogens with one attached hydrogen (secondary N) is 1. The number of hydrogen-bond acceptors (Lipinski definition) is 3. The molecule has 1 fully saturated rings. The van der Waals surface area contributed by atoms with Crippen LogP contribution in [0.3, 0.4) is 0 Å². The maximum absolute atomic E-state index is 12.8. The zero-order valence-corrected chi connectivity index (χ0v) is 10.5. The number of carbonyl (C=O) groups excluding carboxylic acids is 1.